The largest absolute Gasteiger partial charge is 0.331 e. The Bertz CT molecular complexity index is 762. The van der Waals surface area contributed by atoms with Gasteiger partial charge in [-0.1, -0.05) is 12.1 Å². The maximum Gasteiger partial charge on any atom is 0.269 e. The number of carbonyl (C=O) groups is 1. The molecule has 1 fully saturated rings. The number of hydrazine groups is 1. The third-order valence-electron chi connectivity index (χ3n) is 3.66. The highest BCUT2D eigenvalue weighted by Gasteiger charge is 2.17. The van der Waals surface area contributed by atoms with Crippen molar-refractivity contribution in [1.29, 1.82) is 0 Å². The second-order valence-corrected chi connectivity index (χ2v) is 8.72. The molecule has 3 rings (SSSR count). The summed E-state index contributed by atoms with van der Waals surface area (Å²) in [6.07, 6.45) is 1.25. The Morgan fingerprint density at radius 2 is 1.65 bits per heavy atom. The van der Waals surface area contributed by atoms with Crippen molar-refractivity contribution in [3.8, 4) is 0 Å². The lowest BCUT2D eigenvalue weighted by molar-refractivity contribution is 0.0944. The molecule has 1 amide bonds. The van der Waals surface area contributed by atoms with Crippen LogP contribution < -0.4 is 16.2 Å². The summed E-state index contributed by atoms with van der Waals surface area (Å²) in [6.45, 7) is 0. The lowest BCUT2D eigenvalue weighted by Crippen LogP contribution is -2.43. The summed E-state index contributed by atoms with van der Waals surface area (Å²) in [6, 6.07) is 13.4. The Hall–Kier alpha value is -1.77. The van der Waals surface area contributed by atoms with Gasteiger partial charge in [-0.2, -0.15) is 0 Å². The molecule has 1 aliphatic heterocycles. The van der Waals surface area contributed by atoms with Crippen LogP contribution in [0.4, 0.5) is 10.1 Å². The molecule has 0 unspecified atom stereocenters. The molecule has 4 nitrogen and oxygen atoms in total. The third kappa shape index (κ3) is 5.36. The fourth-order valence-corrected chi connectivity index (χ4v) is 5.42. The zero-order valence-electron chi connectivity index (χ0n) is 13.8. The minimum Gasteiger partial charge on any atom is -0.331 e. The van der Waals surface area contributed by atoms with Crippen LogP contribution in [-0.2, 0) is 0 Å². The third-order valence-corrected chi connectivity index (χ3v) is 6.88. The van der Waals surface area contributed by atoms with Gasteiger partial charge in [0.2, 0.25) is 0 Å². The maximum atomic E-state index is 12.9. The van der Waals surface area contributed by atoms with Gasteiger partial charge >= 0.3 is 0 Å². The number of nitrogens with one attached hydrogen (secondary N) is 3. The Balaban J connectivity index is 1.49. The van der Waals surface area contributed by atoms with Gasteiger partial charge in [0, 0.05) is 11.3 Å². The van der Waals surface area contributed by atoms with Gasteiger partial charge in [-0.15, -0.1) is 23.5 Å². The minimum atomic E-state index is -0.323. The highest BCUT2D eigenvalue weighted by molar-refractivity contribution is 8.16. The van der Waals surface area contributed by atoms with Gasteiger partial charge in [0.25, 0.3) is 5.91 Å². The SMILES string of the molecule is O=C(NNC(=S)Nc1ccc(F)cc1)c1ccc(C2SCCCS2)cc1. The first kappa shape index (κ1) is 19.0. The molecule has 26 heavy (non-hydrogen) atoms. The molecule has 0 bridgehead atoms. The average molecular weight is 408 g/mol. The Labute approximate surface area is 165 Å². The molecule has 2 aromatic carbocycles. The van der Waals surface area contributed by atoms with E-state index >= 15 is 0 Å². The normalized spacial score (nSPS) is 14.5. The second kappa shape index (κ2) is 9.25. The van der Waals surface area contributed by atoms with Crippen LogP contribution in [-0.4, -0.2) is 22.5 Å². The first-order chi connectivity index (χ1) is 12.6. The minimum absolute atomic E-state index is 0.219. The zero-order chi connectivity index (χ0) is 18.4. The molecule has 136 valence electrons. The Kier molecular flexibility index (Phi) is 6.76. The Morgan fingerprint density at radius 3 is 2.31 bits per heavy atom. The number of thioether (sulfide) groups is 2. The fourth-order valence-electron chi connectivity index (χ4n) is 2.35. The topological polar surface area (TPSA) is 53.2 Å². The summed E-state index contributed by atoms with van der Waals surface area (Å²) in [7, 11) is 0. The smallest absolute Gasteiger partial charge is 0.269 e. The van der Waals surface area contributed by atoms with Crippen LogP contribution in [0.25, 0.3) is 0 Å². The van der Waals surface area contributed by atoms with E-state index in [0.29, 0.717) is 15.8 Å². The predicted octanol–water partition coefficient (Wildman–Crippen LogP) is 4.33. The number of anilines is 1. The molecule has 1 saturated heterocycles. The highest BCUT2D eigenvalue weighted by Crippen LogP contribution is 2.43. The lowest BCUT2D eigenvalue weighted by Gasteiger charge is -2.21. The van der Waals surface area contributed by atoms with Crippen LogP contribution in [0.15, 0.2) is 48.5 Å². The number of hydrogen-bond donors (Lipinski definition) is 3. The van der Waals surface area contributed by atoms with E-state index in [2.05, 4.69) is 16.2 Å². The number of carbonyl (C=O) groups excluding carboxylic acids is 1. The first-order valence-corrected chi connectivity index (χ1v) is 10.6. The highest BCUT2D eigenvalue weighted by atomic mass is 32.2. The van der Waals surface area contributed by atoms with Crippen LogP contribution in [0, 0.1) is 5.82 Å². The first-order valence-electron chi connectivity index (χ1n) is 8.08. The molecule has 0 atom stereocenters. The number of rotatable bonds is 3. The molecule has 3 N–H and O–H groups in total. The maximum absolute atomic E-state index is 12.9. The van der Waals surface area contributed by atoms with Gasteiger partial charge in [-0.3, -0.25) is 15.6 Å². The van der Waals surface area contributed by atoms with E-state index in [1.165, 1.54) is 35.6 Å². The van der Waals surface area contributed by atoms with E-state index < -0.39 is 0 Å². The van der Waals surface area contributed by atoms with Crippen molar-refractivity contribution < 1.29 is 9.18 Å². The monoisotopic (exact) mass is 407 g/mol. The van der Waals surface area contributed by atoms with Crippen molar-refractivity contribution in [3.63, 3.8) is 0 Å². The van der Waals surface area contributed by atoms with Crippen LogP contribution in [0.3, 0.4) is 0 Å². The molecule has 0 aliphatic carbocycles. The van der Waals surface area contributed by atoms with E-state index in [1.807, 2.05) is 47.8 Å². The lowest BCUT2D eigenvalue weighted by atomic mass is 10.1. The number of benzene rings is 2. The van der Waals surface area contributed by atoms with Crippen LogP contribution in [0.1, 0.15) is 26.9 Å². The number of halogens is 1. The second-order valence-electron chi connectivity index (χ2n) is 5.59. The average Bonchev–Trinajstić information content (AvgIpc) is 2.69. The summed E-state index contributed by atoms with van der Waals surface area (Å²) in [5, 5.41) is 3.08. The van der Waals surface area contributed by atoms with Crippen molar-refractivity contribution in [3.05, 3.63) is 65.5 Å². The molecule has 1 aliphatic rings. The number of thiocarbonyl (C=S) groups is 1. The molecule has 0 aromatic heterocycles. The van der Waals surface area contributed by atoms with Crippen molar-refractivity contribution in [2.45, 2.75) is 11.0 Å². The predicted molar refractivity (Wildman–Crippen MR) is 112 cm³/mol. The van der Waals surface area contributed by atoms with Gasteiger partial charge < -0.3 is 5.32 Å². The van der Waals surface area contributed by atoms with Gasteiger partial charge in [0.1, 0.15) is 5.82 Å². The molecule has 8 heteroatoms. The summed E-state index contributed by atoms with van der Waals surface area (Å²) >= 11 is 9.00. The zero-order valence-corrected chi connectivity index (χ0v) is 16.3. The number of amides is 1. The van der Waals surface area contributed by atoms with Crippen molar-refractivity contribution in [1.82, 2.24) is 10.9 Å². The van der Waals surface area contributed by atoms with Crippen LogP contribution in [0.5, 0.6) is 0 Å². The summed E-state index contributed by atoms with van der Waals surface area (Å²) < 4.78 is 13.3. The van der Waals surface area contributed by atoms with Gasteiger partial charge in [0.15, 0.2) is 5.11 Å². The summed E-state index contributed by atoms with van der Waals surface area (Å²) in [4.78, 5) is 12.2. The Morgan fingerprint density at radius 1 is 1.00 bits per heavy atom. The van der Waals surface area contributed by atoms with E-state index in [-0.39, 0.29) is 16.8 Å². The van der Waals surface area contributed by atoms with Crippen molar-refractivity contribution >= 4 is 52.4 Å². The summed E-state index contributed by atoms with van der Waals surface area (Å²) in [5.74, 6) is 1.77. The molecule has 0 radical (unpaired) electrons. The molecule has 0 spiro atoms. The quantitative estimate of drug-likeness (QED) is 0.520. The summed E-state index contributed by atoms with van der Waals surface area (Å²) in [5.41, 5.74) is 7.61. The molecule has 1 heterocycles. The molecular weight excluding hydrogens is 389 g/mol. The van der Waals surface area contributed by atoms with E-state index in [1.54, 1.807) is 12.1 Å². The van der Waals surface area contributed by atoms with Crippen molar-refractivity contribution in [2.24, 2.45) is 0 Å². The fraction of sp³-hybridized carbons (Fsp3) is 0.222. The van der Waals surface area contributed by atoms with Crippen LogP contribution >= 0.6 is 35.7 Å². The molecule has 2 aromatic rings. The van der Waals surface area contributed by atoms with E-state index in [4.69, 9.17) is 12.2 Å². The van der Waals surface area contributed by atoms with Gasteiger partial charge in [-0.05, 0) is 72.1 Å². The van der Waals surface area contributed by atoms with Gasteiger partial charge in [-0.25, -0.2) is 4.39 Å². The van der Waals surface area contributed by atoms with Gasteiger partial charge in [0.05, 0.1) is 4.58 Å². The van der Waals surface area contributed by atoms with E-state index in [0.717, 1.165) is 0 Å². The standard InChI is InChI=1S/C18H18FN3OS3/c19-14-6-8-15(9-7-14)20-18(24)22-21-16(23)12-2-4-13(5-3-12)17-25-10-1-11-26-17/h2-9,17H,1,10-11H2,(H,21,23)(H2,20,22,24). The molecular formula is C18H18FN3OS3. The number of hydrogen-bond acceptors (Lipinski definition) is 4. The van der Waals surface area contributed by atoms with E-state index in [9.17, 15) is 9.18 Å². The molecule has 0 saturated carbocycles. The van der Waals surface area contributed by atoms with Crippen molar-refractivity contribution in [2.75, 3.05) is 16.8 Å². The van der Waals surface area contributed by atoms with Crippen LogP contribution in [0.2, 0.25) is 0 Å².